The molecule has 2 heterocycles. The van der Waals surface area contributed by atoms with Gasteiger partial charge in [-0.05, 0) is 55.8 Å². The second kappa shape index (κ2) is 10.3. The van der Waals surface area contributed by atoms with Crippen LogP contribution >= 0.6 is 11.3 Å². The van der Waals surface area contributed by atoms with E-state index in [0.29, 0.717) is 47.7 Å². The smallest absolute Gasteiger partial charge is 0.260 e. The summed E-state index contributed by atoms with van der Waals surface area (Å²) in [6, 6.07) is 14.8. The van der Waals surface area contributed by atoms with Crippen molar-refractivity contribution in [2.45, 2.75) is 20.4 Å². The number of benzene rings is 2. The summed E-state index contributed by atoms with van der Waals surface area (Å²) < 4.78 is 17.8. The summed E-state index contributed by atoms with van der Waals surface area (Å²) in [4.78, 5) is 24.4. The Balaban J connectivity index is 1.77. The molecule has 8 heteroatoms. The first-order valence-corrected chi connectivity index (χ1v) is 11.5. The van der Waals surface area contributed by atoms with E-state index in [1.54, 1.807) is 42.6 Å². The molecule has 1 amide bonds. The molecule has 0 unspecified atom stereocenters. The molecule has 0 spiro atoms. The van der Waals surface area contributed by atoms with Gasteiger partial charge in [-0.25, -0.2) is 4.98 Å². The van der Waals surface area contributed by atoms with Crippen LogP contribution < -0.4 is 19.1 Å². The third kappa shape index (κ3) is 4.90. The fraction of sp³-hybridized carbons (Fsp3) is 0.240. The lowest BCUT2D eigenvalue weighted by Crippen LogP contribution is -2.30. The molecule has 0 bridgehead atoms. The molecule has 0 N–H and O–H groups in total. The van der Waals surface area contributed by atoms with Crippen molar-refractivity contribution in [3.63, 3.8) is 0 Å². The first-order valence-electron chi connectivity index (χ1n) is 10.7. The molecule has 170 valence electrons. The predicted molar refractivity (Wildman–Crippen MR) is 130 cm³/mol. The second-order valence-corrected chi connectivity index (χ2v) is 8.09. The molecule has 0 radical (unpaired) electrons. The van der Waals surface area contributed by atoms with E-state index in [-0.39, 0.29) is 5.91 Å². The zero-order valence-electron chi connectivity index (χ0n) is 18.8. The van der Waals surface area contributed by atoms with E-state index in [2.05, 4.69) is 4.98 Å². The van der Waals surface area contributed by atoms with E-state index < -0.39 is 0 Å². The number of fused-ring (bicyclic) bond motifs is 1. The zero-order chi connectivity index (χ0) is 23.2. The van der Waals surface area contributed by atoms with Crippen LogP contribution in [0.5, 0.6) is 17.2 Å². The fourth-order valence-electron chi connectivity index (χ4n) is 3.43. The molecule has 2 aromatic heterocycles. The number of thiazole rings is 1. The van der Waals surface area contributed by atoms with Crippen LogP contribution in [0.1, 0.15) is 29.8 Å². The highest BCUT2D eigenvalue weighted by atomic mass is 32.1. The largest absolute Gasteiger partial charge is 0.494 e. The van der Waals surface area contributed by atoms with Crippen molar-refractivity contribution in [3.8, 4) is 17.2 Å². The Morgan fingerprint density at radius 2 is 1.82 bits per heavy atom. The molecule has 0 atom stereocenters. The molecular formula is C25H25N3O4S. The zero-order valence-corrected chi connectivity index (χ0v) is 19.6. The van der Waals surface area contributed by atoms with Gasteiger partial charge >= 0.3 is 0 Å². The van der Waals surface area contributed by atoms with Crippen molar-refractivity contribution < 1.29 is 19.0 Å². The van der Waals surface area contributed by atoms with E-state index in [1.807, 2.05) is 44.2 Å². The Bertz CT molecular complexity index is 1240. The third-order valence-corrected chi connectivity index (χ3v) is 5.96. The molecular weight excluding hydrogens is 438 g/mol. The van der Waals surface area contributed by atoms with Crippen LogP contribution in [0.3, 0.4) is 0 Å². The van der Waals surface area contributed by atoms with Gasteiger partial charge in [0, 0.05) is 18.0 Å². The standard InChI is InChI=1S/C25H25N3O4S/c1-4-31-19-12-11-18(14-21(19)32-5-2)24(29)28(16-17-8-7-13-26-15-17)25-27-23-20(30-3)9-6-10-22(23)33-25/h6-15H,4-5,16H2,1-3H3. The number of hydrogen-bond acceptors (Lipinski definition) is 7. The van der Waals surface area contributed by atoms with Gasteiger partial charge < -0.3 is 14.2 Å². The van der Waals surface area contributed by atoms with Gasteiger partial charge in [0.1, 0.15) is 11.3 Å². The van der Waals surface area contributed by atoms with Gasteiger partial charge in [0.25, 0.3) is 5.91 Å². The molecule has 4 rings (SSSR count). The highest BCUT2D eigenvalue weighted by Gasteiger charge is 2.24. The molecule has 7 nitrogen and oxygen atoms in total. The summed E-state index contributed by atoms with van der Waals surface area (Å²) in [5.41, 5.74) is 2.11. The maximum atomic E-state index is 13.8. The average Bonchev–Trinajstić information content (AvgIpc) is 3.28. The number of pyridine rings is 1. The summed E-state index contributed by atoms with van der Waals surface area (Å²) >= 11 is 1.44. The van der Waals surface area contributed by atoms with Crippen LogP contribution in [-0.4, -0.2) is 36.2 Å². The van der Waals surface area contributed by atoms with Crippen molar-refractivity contribution in [1.29, 1.82) is 0 Å². The Morgan fingerprint density at radius 1 is 1.00 bits per heavy atom. The summed E-state index contributed by atoms with van der Waals surface area (Å²) in [6.45, 7) is 5.11. The summed E-state index contributed by atoms with van der Waals surface area (Å²) in [7, 11) is 1.61. The molecule has 0 aliphatic heterocycles. The molecule has 0 aliphatic carbocycles. The number of hydrogen-bond donors (Lipinski definition) is 0. The molecule has 0 aliphatic rings. The maximum absolute atomic E-state index is 13.8. The highest BCUT2D eigenvalue weighted by Crippen LogP contribution is 2.36. The summed E-state index contributed by atoms with van der Waals surface area (Å²) in [6.07, 6.45) is 3.46. The van der Waals surface area contributed by atoms with Crippen LogP contribution in [0, 0.1) is 0 Å². The van der Waals surface area contributed by atoms with Gasteiger partial charge in [0.2, 0.25) is 0 Å². The Labute approximate surface area is 196 Å². The number of methoxy groups -OCH3 is 1. The van der Waals surface area contributed by atoms with Crippen LogP contribution in [-0.2, 0) is 6.54 Å². The van der Waals surface area contributed by atoms with Crippen molar-refractivity contribution >= 4 is 32.6 Å². The molecule has 4 aromatic rings. The van der Waals surface area contributed by atoms with Crippen LogP contribution in [0.2, 0.25) is 0 Å². The number of carbonyl (C=O) groups excluding carboxylic acids is 1. The molecule has 0 fully saturated rings. The number of para-hydroxylation sites is 1. The van der Waals surface area contributed by atoms with Gasteiger partial charge in [-0.3, -0.25) is 14.7 Å². The third-order valence-electron chi connectivity index (χ3n) is 4.92. The summed E-state index contributed by atoms with van der Waals surface area (Å²) in [5.74, 6) is 1.63. The number of amides is 1. The Morgan fingerprint density at radius 3 is 2.55 bits per heavy atom. The SMILES string of the molecule is CCOc1ccc(C(=O)N(Cc2cccnc2)c2nc3c(OC)cccc3s2)cc1OCC. The molecule has 0 saturated carbocycles. The van der Waals surface area contributed by atoms with Crippen molar-refractivity contribution in [3.05, 3.63) is 72.1 Å². The van der Waals surface area contributed by atoms with Crippen LogP contribution in [0.4, 0.5) is 5.13 Å². The minimum atomic E-state index is -0.194. The molecule has 0 saturated heterocycles. The van der Waals surface area contributed by atoms with Gasteiger partial charge in [-0.15, -0.1) is 0 Å². The number of nitrogens with zero attached hydrogens (tertiary/aromatic N) is 3. The molecule has 2 aromatic carbocycles. The van der Waals surface area contributed by atoms with Crippen molar-refractivity contribution in [1.82, 2.24) is 9.97 Å². The quantitative estimate of drug-likeness (QED) is 0.333. The number of rotatable bonds is 9. The van der Waals surface area contributed by atoms with E-state index in [9.17, 15) is 4.79 Å². The predicted octanol–water partition coefficient (Wildman–Crippen LogP) is 5.34. The second-order valence-electron chi connectivity index (χ2n) is 7.08. The number of anilines is 1. The minimum Gasteiger partial charge on any atom is -0.494 e. The Hall–Kier alpha value is -3.65. The van der Waals surface area contributed by atoms with Crippen LogP contribution in [0.15, 0.2) is 60.9 Å². The average molecular weight is 464 g/mol. The van der Waals surface area contributed by atoms with Gasteiger partial charge in [-0.2, -0.15) is 0 Å². The number of aromatic nitrogens is 2. The van der Waals surface area contributed by atoms with E-state index in [1.165, 1.54) is 11.3 Å². The lowest BCUT2D eigenvalue weighted by molar-refractivity contribution is 0.0984. The lowest BCUT2D eigenvalue weighted by Gasteiger charge is -2.21. The van der Waals surface area contributed by atoms with Crippen LogP contribution in [0.25, 0.3) is 10.2 Å². The van der Waals surface area contributed by atoms with Gasteiger partial charge in [-0.1, -0.05) is 23.5 Å². The molecule has 33 heavy (non-hydrogen) atoms. The first kappa shape index (κ1) is 22.5. The first-order chi connectivity index (χ1) is 16.1. The van der Waals surface area contributed by atoms with E-state index >= 15 is 0 Å². The normalized spacial score (nSPS) is 10.8. The van der Waals surface area contributed by atoms with Crippen molar-refractivity contribution in [2.75, 3.05) is 25.2 Å². The maximum Gasteiger partial charge on any atom is 0.260 e. The fourth-order valence-corrected chi connectivity index (χ4v) is 4.41. The highest BCUT2D eigenvalue weighted by molar-refractivity contribution is 7.22. The number of ether oxygens (including phenoxy) is 3. The minimum absolute atomic E-state index is 0.194. The van der Waals surface area contributed by atoms with Crippen molar-refractivity contribution in [2.24, 2.45) is 0 Å². The van der Waals surface area contributed by atoms with E-state index in [0.717, 1.165) is 15.8 Å². The Kier molecular flexibility index (Phi) is 7.04. The topological polar surface area (TPSA) is 73.8 Å². The van der Waals surface area contributed by atoms with Gasteiger partial charge in [0.15, 0.2) is 16.6 Å². The van der Waals surface area contributed by atoms with Gasteiger partial charge in [0.05, 0.1) is 31.6 Å². The van der Waals surface area contributed by atoms with E-state index in [4.69, 9.17) is 19.2 Å². The lowest BCUT2D eigenvalue weighted by atomic mass is 10.1. The monoisotopic (exact) mass is 463 g/mol. The summed E-state index contributed by atoms with van der Waals surface area (Å²) in [5, 5.41) is 0.579. The number of carbonyl (C=O) groups is 1.